The Morgan fingerprint density at radius 3 is 2.89 bits per heavy atom. The van der Waals surface area contributed by atoms with Crippen LogP contribution in [0.4, 0.5) is 11.4 Å². The predicted molar refractivity (Wildman–Crippen MR) is 75.8 cm³/mol. The van der Waals surface area contributed by atoms with Crippen LogP contribution in [0.25, 0.3) is 10.9 Å². The Hall–Kier alpha value is -2.02. The molecule has 1 aromatic heterocycles. The summed E-state index contributed by atoms with van der Waals surface area (Å²) in [6, 6.07) is 6.70. The van der Waals surface area contributed by atoms with Gasteiger partial charge in [-0.3, -0.25) is 19.3 Å². The summed E-state index contributed by atoms with van der Waals surface area (Å²) < 4.78 is 11.0. The number of anilines is 1. The number of nitro benzene ring substituents is 1. The number of fused-ring (bicyclic) bond motifs is 1. The molecule has 0 fully saturated rings. The maximum Gasteiger partial charge on any atom is 0.301 e. The number of rotatable bonds is 5. The number of nitrogens with zero attached hydrogens (tertiary/aromatic N) is 2. The molecule has 0 bridgehead atoms. The van der Waals surface area contributed by atoms with Gasteiger partial charge in [0.25, 0.3) is 0 Å². The van der Waals surface area contributed by atoms with Crippen LogP contribution in [0.15, 0.2) is 30.5 Å². The highest BCUT2D eigenvalue weighted by molar-refractivity contribution is 7.84. The molecule has 0 aliphatic heterocycles. The average molecular weight is 279 g/mol. The molecule has 7 heteroatoms. The molecule has 0 amide bonds. The van der Waals surface area contributed by atoms with E-state index in [1.54, 1.807) is 36.7 Å². The third kappa shape index (κ3) is 3.05. The van der Waals surface area contributed by atoms with Gasteiger partial charge in [0.15, 0.2) is 0 Å². The predicted octanol–water partition coefficient (Wildman–Crippen LogP) is 1.93. The van der Waals surface area contributed by atoms with Crippen molar-refractivity contribution in [1.82, 2.24) is 4.98 Å². The van der Waals surface area contributed by atoms with Gasteiger partial charge in [-0.05, 0) is 24.3 Å². The molecule has 19 heavy (non-hydrogen) atoms. The average Bonchev–Trinajstić information content (AvgIpc) is 2.37. The highest BCUT2D eigenvalue weighted by atomic mass is 32.2. The third-order valence-corrected chi connectivity index (χ3v) is 3.42. The van der Waals surface area contributed by atoms with Crippen LogP contribution >= 0.6 is 0 Å². The molecule has 1 N–H and O–H groups in total. The van der Waals surface area contributed by atoms with Crippen molar-refractivity contribution in [2.24, 2.45) is 0 Å². The highest BCUT2D eigenvalue weighted by Gasteiger charge is 2.18. The number of benzene rings is 1. The molecule has 0 radical (unpaired) electrons. The first-order valence-electron chi connectivity index (χ1n) is 5.65. The Kier molecular flexibility index (Phi) is 4.06. The Morgan fingerprint density at radius 2 is 2.21 bits per heavy atom. The van der Waals surface area contributed by atoms with Crippen LogP contribution in [0, 0.1) is 10.1 Å². The van der Waals surface area contributed by atoms with Crippen molar-refractivity contribution in [2.45, 2.75) is 0 Å². The zero-order valence-corrected chi connectivity index (χ0v) is 11.1. The van der Waals surface area contributed by atoms with Crippen molar-refractivity contribution in [3.63, 3.8) is 0 Å². The lowest BCUT2D eigenvalue weighted by Gasteiger charge is -2.08. The highest BCUT2D eigenvalue weighted by Crippen LogP contribution is 2.32. The van der Waals surface area contributed by atoms with E-state index in [2.05, 4.69) is 10.3 Å². The summed E-state index contributed by atoms with van der Waals surface area (Å²) in [5.74, 6) is 0.447. The standard InChI is InChI=1S/C12H13N3O3S/c1-19(18)8-7-14-11-5-4-10-9(3-2-6-13-10)12(11)15(16)17/h2-6,14H,7-8H2,1H3. The van der Waals surface area contributed by atoms with Crippen LogP contribution in [-0.2, 0) is 10.8 Å². The first kappa shape index (κ1) is 13.4. The van der Waals surface area contributed by atoms with Crippen molar-refractivity contribution in [3.05, 3.63) is 40.6 Å². The summed E-state index contributed by atoms with van der Waals surface area (Å²) in [5.41, 5.74) is 1.02. The van der Waals surface area contributed by atoms with Crippen molar-refractivity contribution in [1.29, 1.82) is 0 Å². The summed E-state index contributed by atoms with van der Waals surface area (Å²) in [6.07, 6.45) is 3.19. The Bertz CT molecular complexity index is 645. The van der Waals surface area contributed by atoms with Gasteiger partial charge in [-0.25, -0.2) is 0 Å². The largest absolute Gasteiger partial charge is 0.379 e. The SMILES string of the molecule is CS(=O)CCNc1ccc2ncccc2c1[N+](=O)[O-]. The third-order valence-electron chi connectivity index (χ3n) is 2.64. The summed E-state index contributed by atoms with van der Waals surface area (Å²) in [5, 5.41) is 14.7. The van der Waals surface area contributed by atoms with Crippen LogP contribution in [-0.4, -0.2) is 32.7 Å². The fourth-order valence-corrected chi connectivity index (χ4v) is 2.20. The zero-order valence-electron chi connectivity index (χ0n) is 10.3. The van der Waals surface area contributed by atoms with Crippen LogP contribution in [0.1, 0.15) is 0 Å². The van der Waals surface area contributed by atoms with Gasteiger partial charge >= 0.3 is 5.69 Å². The minimum Gasteiger partial charge on any atom is -0.379 e. The topological polar surface area (TPSA) is 85.1 Å². The van der Waals surface area contributed by atoms with Gasteiger partial charge in [0, 0.05) is 35.5 Å². The summed E-state index contributed by atoms with van der Waals surface area (Å²) in [4.78, 5) is 14.9. The van der Waals surface area contributed by atoms with Crippen LogP contribution in [0.3, 0.4) is 0 Å². The molecule has 0 spiro atoms. The fourth-order valence-electron chi connectivity index (χ4n) is 1.81. The smallest absolute Gasteiger partial charge is 0.301 e. The van der Waals surface area contributed by atoms with Gasteiger partial charge < -0.3 is 5.32 Å². The van der Waals surface area contributed by atoms with Gasteiger partial charge in [-0.2, -0.15) is 0 Å². The zero-order chi connectivity index (χ0) is 13.8. The fraction of sp³-hybridized carbons (Fsp3) is 0.250. The van der Waals surface area contributed by atoms with E-state index in [-0.39, 0.29) is 5.69 Å². The molecule has 0 aliphatic rings. The molecule has 0 saturated carbocycles. The van der Waals surface area contributed by atoms with E-state index in [0.717, 1.165) is 0 Å². The van der Waals surface area contributed by atoms with E-state index in [1.807, 2.05) is 0 Å². The van der Waals surface area contributed by atoms with E-state index < -0.39 is 15.7 Å². The molecular formula is C12H13N3O3S. The molecule has 1 heterocycles. The molecule has 2 rings (SSSR count). The molecule has 0 saturated heterocycles. The monoisotopic (exact) mass is 279 g/mol. The number of nitro groups is 1. The van der Waals surface area contributed by atoms with Gasteiger partial charge in [0.2, 0.25) is 0 Å². The molecule has 2 aromatic rings. The minimum absolute atomic E-state index is 0.00693. The van der Waals surface area contributed by atoms with Crippen LogP contribution in [0.5, 0.6) is 0 Å². The lowest BCUT2D eigenvalue weighted by atomic mass is 10.1. The minimum atomic E-state index is -0.928. The lowest BCUT2D eigenvalue weighted by Crippen LogP contribution is -2.11. The second-order valence-electron chi connectivity index (χ2n) is 3.99. The first-order chi connectivity index (χ1) is 9.09. The molecule has 1 atom stereocenters. The first-order valence-corrected chi connectivity index (χ1v) is 7.38. The van der Waals surface area contributed by atoms with Crippen LogP contribution < -0.4 is 5.32 Å². The van der Waals surface area contributed by atoms with Gasteiger partial charge in [0.05, 0.1) is 15.8 Å². The van der Waals surface area contributed by atoms with E-state index in [4.69, 9.17) is 0 Å². The molecule has 0 aliphatic carbocycles. The van der Waals surface area contributed by atoms with E-state index in [9.17, 15) is 14.3 Å². The number of hydrogen-bond donors (Lipinski definition) is 1. The number of nitrogens with one attached hydrogen (secondary N) is 1. The van der Waals surface area contributed by atoms with E-state index in [0.29, 0.717) is 28.9 Å². The van der Waals surface area contributed by atoms with E-state index in [1.165, 1.54) is 0 Å². The maximum atomic E-state index is 11.2. The molecule has 100 valence electrons. The van der Waals surface area contributed by atoms with Gasteiger partial charge in [-0.15, -0.1) is 0 Å². The quantitative estimate of drug-likeness (QED) is 0.667. The second kappa shape index (κ2) is 5.75. The van der Waals surface area contributed by atoms with E-state index >= 15 is 0 Å². The Balaban J connectivity index is 2.40. The second-order valence-corrected chi connectivity index (χ2v) is 5.55. The number of aromatic nitrogens is 1. The van der Waals surface area contributed by atoms with Crippen molar-refractivity contribution in [2.75, 3.05) is 23.9 Å². The normalized spacial score (nSPS) is 12.3. The molecule has 1 unspecified atom stereocenters. The summed E-state index contributed by atoms with van der Waals surface area (Å²) in [7, 11) is -0.928. The molecular weight excluding hydrogens is 266 g/mol. The van der Waals surface area contributed by atoms with Crippen molar-refractivity contribution >= 4 is 33.1 Å². The van der Waals surface area contributed by atoms with Crippen molar-refractivity contribution < 1.29 is 9.13 Å². The molecule has 6 nitrogen and oxygen atoms in total. The van der Waals surface area contributed by atoms with Gasteiger partial charge in [-0.1, -0.05) is 0 Å². The Labute approximate surface area is 112 Å². The van der Waals surface area contributed by atoms with Gasteiger partial charge in [0.1, 0.15) is 5.69 Å². The number of pyridine rings is 1. The lowest BCUT2D eigenvalue weighted by molar-refractivity contribution is -0.382. The van der Waals surface area contributed by atoms with Crippen molar-refractivity contribution in [3.8, 4) is 0 Å². The summed E-state index contributed by atoms with van der Waals surface area (Å²) >= 11 is 0. The number of hydrogen-bond acceptors (Lipinski definition) is 5. The molecule has 1 aromatic carbocycles. The maximum absolute atomic E-state index is 11.2. The summed E-state index contributed by atoms with van der Waals surface area (Å²) in [6.45, 7) is 0.426. The van der Waals surface area contributed by atoms with Crippen LogP contribution in [0.2, 0.25) is 0 Å². The Morgan fingerprint density at radius 1 is 1.42 bits per heavy atom.